The van der Waals surface area contributed by atoms with Gasteiger partial charge in [-0.25, -0.2) is 4.98 Å². The fourth-order valence-corrected chi connectivity index (χ4v) is 6.90. The summed E-state index contributed by atoms with van der Waals surface area (Å²) in [5, 5.41) is 4.95. The Kier molecular flexibility index (Phi) is 17.3. The fraction of sp³-hybridized carbons (Fsp3) is 0.465. The van der Waals surface area contributed by atoms with E-state index in [0.29, 0.717) is 31.5 Å². The van der Waals surface area contributed by atoms with Gasteiger partial charge in [-0.3, -0.25) is 39.2 Å². The number of nitrogens with two attached hydrogens (primary N) is 3. The number of imidazole rings is 1. The molecule has 4 amide bonds. The Bertz CT molecular complexity index is 1960. The Hall–Kier alpha value is -5.67. The van der Waals surface area contributed by atoms with Crippen molar-refractivity contribution in [3.63, 3.8) is 0 Å². The minimum Gasteiger partial charge on any atom is -0.369 e. The number of H-pyrrole nitrogens is 2. The lowest BCUT2D eigenvalue weighted by molar-refractivity contribution is -0.146. The Morgan fingerprint density at radius 3 is 2.19 bits per heavy atom. The number of hydrogen-bond acceptors (Lipinski definition) is 9. The second-order valence-corrected chi connectivity index (χ2v) is 15.6. The van der Waals surface area contributed by atoms with E-state index in [9.17, 15) is 28.8 Å². The third-order valence-corrected chi connectivity index (χ3v) is 10.2. The quantitative estimate of drug-likeness (QED) is 0.0406. The van der Waals surface area contributed by atoms with E-state index in [2.05, 4.69) is 25.7 Å². The third-order valence-electron chi connectivity index (χ3n) is 10.2. The molecule has 15 heteroatoms. The lowest BCUT2D eigenvalue weighted by Gasteiger charge is -2.29. The average Bonchev–Trinajstić information content (AvgIpc) is 3.86. The molecule has 58 heavy (non-hydrogen) atoms. The summed E-state index contributed by atoms with van der Waals surface area (Å²) in [6, 6.07) is 14.9. The van der Waals surface area contributed by atoms with E-state index in [0.717, 1.165) is 22.0 Å². The van der Waals surface area contributed by atoms with E-state index in [4.69, 9.17) is 17.2 Å². The third kappa shape index (κ3) is 13.8. The molecule has 10 N–H and O–H groups in total. The SMILES string of the molecule is CC(C)CN(NC(=O)[C@H](CC(=O)[C@@H](N)Cc1cnc[nH]1)Cc1c[nH]c2ccccc12)C(=O)C[C@@H](C)C(=O)N[C@H](Cc1ccccc1)C(=O)C[C@@H](CCCCN)C(N)=O. The molecular weight excluding hydrogens is 739 g/mol. The fourth-order valence-electron chi connectivity index (χ4n) is 6.90. The highest BCUT2D eigenvalue weighted by Gasteiger charge is 2.32. The van der Waals surface area contributed by atoms with E-state index in [1.54, 1.807) is 13.1 Å². The number of amides is 4. The van der Waals surface area contributed by atoms with Gasteiger partial charge in [-0.15, -0.1) is 0 Å². The Balaban J connectivity index is 1.48. The number of hydrogen-bond donors (Lipinski definition) is 7. The molecule has 0 bridgehead atoms. The summed E-state index contributed by atoms with van der Waals surface area (Å²) < 4.78 is 0. The Morgan fingerprint density at radius 1 is 0.810 bits per heavy atom. The lowest BCUT2D eigenvalue weighted by Crippen LogP contribution is -2.52. The minimum atomic E-state index is -0.974. The van der Waals surface area contributed by atoms with Crippen LogP contribution in [0.25, 0.3) is 10.9 Å². The maximum absolute atomic E-state index is 14.1. The number of carbonyl (C=O) groups excluding carboxylic acids is 6. The zero-order valence-corrected chi connectivity index (χ0v) is 33.7. The smallest absolute Gasteiger partial charge is 0.242 e. The van der Waals surface area contributed by atoms with Gasteiger partial charge < -0.3 is 32.5 Å². The van der Waals surface area contributed by atoms with Crippen LogP contribution in [-0.2, 0) is 48.0 Å². The molecule has 0 aliphatic heterocycles. The van der Waals surface area contributed by atoms with Crippen molar-refractivity contribution in [2.45, 2.75) is 90.6 Å². The van der Waals surface area contributed by atoms with Gasteiger partial charge in [-0.05, 0) is 55.3 Å². The van der Waals surface area contributed by atoms with E-state index in [-0.39, 0.29) is 62.6 Å². The van der Waals surface area contributed by atoms with Crippen LogP contribution in [-0.4, -0.2) is 80.3 Å². The number of primary amides is 1. The van der Waals surface area contributed by atoms with Gasteiger partial charge in [-0.1, -0.05) is 75.7 Å². The number of ketones is 2. The van der Waals surface area contributed by atoms with Crippen LogP contribution < -0.4 is 27.9 Å². The first-order valence-corrected chi connectivity index (χ1v) is 20.0. The van der Waals surface area contributed by atoms with Crippen LogP contribution in [0.15, 0.2) is 73.3 Å². The van der Waals surface area contributed by atoms with Gasteiger partial charge in [0.05, 0.1) is 24.3 Å². The molecule has 0 saturated heterocycles. The van der Waals surface area contributed by atoms with Gasteiger partial charge in [-0.2, -0.15) is 0 Å². The predicted octanol–water partition coefficient (Wildman–Crippen LogP) is 3.04. The number of para-hydroxylation sites is 1. The first kappa shape index (κ1) is 45.0. The number of Topliss-reactive ketones (excluding diaryl/α,β-unsaturated/α-hetero) is 2. The molecule has 4 rings (SSSR count). The molecule has 2 heterocycles. The van der Waals surface area contributed by atoms with Crippen molar-refractivity contribution in [1.29, 1.82) is 0 Å². The van der Waals surface area contributed by atoms with Crippen molar-refractivity contribution >= 4 is 46.1 Å². The summed E-state index contributed by atoms with van der Waals surface area (Å²) in [5.41, 5.74) is 23.5. The number of aromatic nitrogens is 3. The molecule has 15 nitrogen and oxygen atoms in total. The zero-order valence-electron chi connectivity index (χ0n) is 33.7. The highest BCUT2D eigenvalue weighted by atomic mass is 16.2. The van der Waals surface area contributed by atoms with Crippen molar-refractivity contribution in [3.8, 4) is 0 Å². The van der Waals surface area contributed by atoms with Crippen LogP contribution in [0, 0.1) is 23.7 Å². The monoisotopic (exact) mass is 797 g/mol. The van der Waals surface area contributed by atoms with Gasteiger partial charge in [0.2, 0.25) is 23.6 Å². The molecule has 0 unspecified atom stereocenters. The molecular formula is C43H59N9O6. The summed E-state index contributed by atoms with van der Waals surface area (Å²) >= 11 is 0. The molecule has 4 aromatic rings. The predicted molar refractivity (Wildman–Crippen MR) is 221 cm³/mol. The number of carbonyl (C=O) groups is 6. The molecule has 5 atom stereocenters. The molecule has 0 saturated carbocycles. The summed E-state index contributed by atoms with van der Waals surface area (Å²) in [7, 11) is 0. The van der Waals surface area contributed by atoms with Crippen molar-refractivity contribution in [3.05, 3.63) is 90.1 Å². The van der Waals surface area contributed by atoms with Crippen LogP contribution in [0.1, 0.15) is 76.1 Å². The number of aromatic amines is 2. The van der Waals surface area contributed by atoms with Gasteiger partial charge >= 0.3 is 0 Å². The standard InChI is InChI=1S/C43H59N9O6/c1-27(2)25-52(51-43(58)31(19-32-23-48-36-15-8-7-14-34(32)36)21-38(53)35(45)22-33-24-47-26-49-33)40(55)17-28(3)42(57)50-37(18-29-11-5-4-6-12-29)39(54)20-30(41(46)56)13-9-10-16-44/h4-8,11-12,14-15,23-24,26-28,30-31,35,37,48H,9-10,13,16-22,25,44-45H2,1-3H3,(H2,46,56)(H,47,49)(H,50,57)(H,51,58)/t28-,30-,31+,35+,37-/m1/s1. The summed E-state index contributed by atoms with van der Waals surface area (Å²) in [6.45, 7) is 5.94. The van der Waals surface area contributed by atoms with E-state index < -0.39 is 53.5 Å². The number of unbranched alkanes of at least 4 members (excludes halogenated alkanes) is 1. The van der Waals surface area contributed by atoms with Gasteiger partial charge in [0.1, 0.15) is 0 Å². The number of rotatable bonds is 24. The van der Waals surface area contributed by atoms with Gasteiger partial charge in [0.25, 0.3) is 0 Å². The highest BCUT2D eigenvalue weighted by Crippen LogP contribution is 2.24. The van der Waals surface area contributed by atoms with Crippen molar-refractivity contribution in [2.24, 2.45) is 40.9 Å². The topological polar surface area (TPSA) is 252 Å². The van der Waals surface area contributed by atoms with Crippen molar-refractivity contribution in [1.82, 2.24) is 30.7 Å². The van der Waals surface area contributed by atoms with Crippen molar-refractivity contribution in [2.75, 3.05) is 13.1 Å². The van der Waals surface area contributed by atoms with Gasteiger partial charge in [0, 0.05) is 73.1 Å². The molecule has 0 radical (unpaired) electrons. The van der Waals surface area contributed by atoms with E-state index in [1.807, 2.05) is 74.6 Å². The first-order chi connectivity index (χ1) is 27.7. The number of nitrogens with zero attached hydrogens (tertiary/aromatic N) is 2. The second kappa shape index (κ2) is 22.3. The molecule has 0 aliphatic rings. The molecule has 312 valence electrons. The number of fused-ring (bicyclic) bond motifs is 1. The van der Waals surface area contributed by atoms with Crippen LogP contribution in [0.5, 0.6) is 0 Å². The largest absolute Gasteiger partial charge is 0.369 e. The van der Waals surface area contributed by atoms with Crippen LogP contribution in [0.2, 0.25) is 0 Å². The number of benzene rings is 2. The second-order valence-electron chi connectivity index (χ2n) is 15.6. The minimum absolute atomic E-state index is 0.0687. The first-order valence-electron chi connectivity index (χ1n) is 20.0. The number of nitrogens with one attached hydrogen (secondary N) is 4. The Labute approximate surface area is 339 Å². The summed E-state index contributed by atoms with van der Waals surface area (Å²) in [5.74, 6) is -5.40. The summed E-state index contributed by atoms with van der Waals surface area (Å²) in [6.07, 6.45) is 6.61. The normalized spacial score (nSPS) is 14.0. The molecule has 0 spiro atoms. The van der Waals surface area contributed by atoms with Crippen LogP contribution >= 0.6 is 0 Å². The molecule has 0 fully saturated rings. The van der Waals surface area contributed by atoms with E-state index in [1.165, 1.54) is 11.3 Å². The van der Waals surface area contributed by atoms with Gasteiger partial charge in [0.15, 0.2) is 11.6 Å². The molecule has 2 aromatic heterocycles. The maximum Gasteiger partial charge on any atom is 0.242 e. The van der Waals surface area contributed by atoms with Crippen LogP contribution in [0.4, 0.5) is 0 Å². The molecule has 0 aliphatic carbocycles. The maximum atomic E-state index is 14.1. The summed E-state index contributed by atoms with van der Waals surface area (Å²) in [4.78, 5) is 91.3. The van der Waals surface area contributed by atoms with Crippen LogP contribution in [0.3, 0.4) is 0 Å². The van der Waals surface area contributed by atoms with Crippen molar-refractivity contribution < 1.29 is 28.8 Å². The average molecular weight is 798 g/mol. The Morgan fingerprint density at radius 2 is 1.52 bits per heavy atom. The lowest BCUT2D eigenvalue weighted by atomic mass is 9.90. The zero-order chi connectivity index (χ0) is 42.2. The highest BCUT2D eigenvalue weighted by molar-refractivity contribution is 5.95. The molecule has 2 aromatic carbocycles. The number of hydrazine groups is 1. The van der Waals surface area contributed by atoms with E-state index >= 15 is 0 Å².